The van der Waals surface area contributed by atoms with E-state index in [2.05, 4.69) is 11.8 Å². The average molecular weight is 287 g/mol. The second-order valence-electron chi connectivity index (χ2n) is 5.26. The van der Waals surface area contributed by atoms with Crippen LogP contribution in [0.2, 0.25) is 10.0 Å². The first-order valence-electron chi connectivity index (χ1n) is 6.49. The van der Waals surface area contributed by atoms with Gasteiger partial charge >= 0.3 is 0 Å². The number of nitrogens with two attached hydrogens (primary N) is 1. The Morgan fingerprint density at radius 1 is 1.28 bits per heavy atom. The lowest BCUT2D eigenvalue weighted by molar-refractivity contribution is 0.183. The van der Waals surface area contributed by atoms with Crippen molar-refractivity contribution < 1.29 is 0 Å². The first kappa shape index (κ1) is 14.1. The number of hydrogen-bond donors (Lipinski definition) is 1. The second-order valence-corrected chi connectivity index (χ2v) is 6.08. The zero-order valence-electron chi connectivity index (χ0n) is 10.7. The lowest BCUT2D eigenvalue weighted by Crippen LogP contribution is -2.38. The van der Waals surface area contributed by atoms with Crippen molar-refractivity contribution in [2.24, 2.45) is 11.7 Å². The first-order valence-corrected chi connectivity index (χ1v) is 7.24. The van der Waals surface area contributed by atoms with Crippen LogP contribution in [0.15, 0.2) is 18.2 Å². The van der Waals surface area contributed by atoms with Gasteiger partial charge in [0.25, 0.3) is 0 Å². The molecule has 1 fully saturated rings. The van der Waals surface area contributed by atoms with Crippen LogP contribution in [0.3, 0.4) is 0 Å². The molecule has 0 spiro atoms. The Labute approximate surface area is 119 Å². The summed E-state index contributed by atoms with van der Waals surface area (Å²) in [6.45, 7) is 5.51. The fraction of sp³-hybridized carbons (Fsp3) is 0.571. The van der Waals surface area contributed by atoms with E-state index < -0.39 is 0 Å². The van der Waals surface area contributed by atoms with Gasteiger partial charge in [0.1, 0.15) is 0 Å². The van der Waals surface area contributed by atoms with Crippen molar-refractivity contribution in [1.82, 2.24) is 4.90 Å². The van der Waals surface area contributed by atoms with Crippen molar-refractivity contribution in [1.29, 1.82) is 0 Å². The summed E-state index contributed by atoms with van der Waals surface area (Å²) in [5, 5.41) is 1.16. The predicted octanol–water partition coefficient (Wildman–Crippen LogP) is 3.73. The van der Waals surface area contributed by atoms with Gasteiger partial charge in [0.05, 0.1) is 10.0 Å². The van der Waals surface area contributed by atoms with Crippen LogP contribution in [0.4, 0.5) is 0 Å². The average Bonchev–Trinajstić information content (AvgIpc) is 2.35. The molecule has 1 atom stereocenters. The van der Waals surface area contributed by atoms with Gasteiger partial charge in [-0.15, -0.1) is 0 Å². The van der Waals surface area contributed by atoms with Crippen LogP contribution >= 0.6 is 23.2 Å². The van der Waals surface area contributed by atoms with E-state index >= 15 is 0 Å². The highest BCUT2D eigenvalue weighted by Crippen LogP contribution is 2.26. The Morgan fingerprint density at radius 2 is 1.94 bits per heavy atom. The molecule has 0 amide bonds. The lowest BCUT2D eigenvalue weighted by Gasteiger charge is -2.32. The number of nitrogens with zero attached hydrogens (tertiary/aromatic N) is 1. The van der Waals surface area contributed by atoms with Crippen LogP contribution in [0.5, 0.6) is 0 Å². The maximum Gasteiger partial charge on any atom is 0.0595 e. The molecule has 1 aromatic carbocycles. The van der Waals surface area contributed by atoms with Crippen molar-refractivity contribution >= 4 is 23.2 Å². The smallest absolute Gasteiger partial charge is 0.0595 e. The molecule has 0 radical (unpaired) electrons. The van der Waals surface area contributed by atoms with Gasteiger partial charge in [0.2, 0.25) is 0 Å². The first-order chi connectivity index (χ1) is 8.56. The molecule has 1 saturated heterocycles. The van der Waals surface area contributed by atoms with Crippen molar-refractivity contribution in [2.45, 2.75) is 25.8 Å². The zero-order chi connectivity index (χ0) is 13.1. The number of likely N-dealkylation sites (tertiary alicyclic amines) is 1. The minimum atomic E-state index is 0.00757. The number of benzene rings is 1. The molecule has 2 rings (SSSR count). The summed E-state index contributed by atoms with van der Waals surface area (Å²) in [7, 11) is 0. The summed E-state index contributed by atoms with van der Waals surface area (Å²) in [5.74, 6) is 0.849. The molecule has 1 unspecified atom stereocenters. The monoisotopic (exact) mass is 286 g/mol. The maximum atomic E-state index is 6.24. The van der Waals surface area contributed by atoms with Crippen LogP contribution in [-0.4, -0.2) is 24.5 Å². The Balaban J connectivity index is 1.94. The largest absolute Gasteiger partial charge is 0.323 e. The Bertz CT molecular complexity index is 401. The van der Waals surface area contributed by atoms with Crippen molar-refractivity contribution in [3.8, 4) is 0 Å². The quantitative estimate of drug-likeness (QED) is 0.918. The van der Waals surface area contributed by atoms with Crippen LogP contribution < -0.4 is 5.73 Å². The molecule has 1 aromatic rings. The van der Waals surface area contributed by atoms with E-state index in [0.717, 1.165) is 31.1 Å². The van der Waals surface area contributed by atoms with Crippen molar-refractivity contribution in [3.05, 3.63) is 33.8 Å². The molecule has 4 heteroatoms. The van der Waals surface area contributed by atoms with Gasteiger partial charge < -0.3 is 10.6 Å². The molecule has 0 aliphatic carbocycles. The van der Waals surface area contributed by atoms with Gasteiger partial charge in [0.15, 0.2) is 0 Å². The van der Waals surface area contributed by atoms with Gasteiger partial charge in [-0.1, -0.05) is 36.2 Å². The minimum Gasteiger partial charge on any atom is -0.323 e. The number of piperidine rings is 1. The highest BCUT2D eigenvalue weighted by molar-refractivity contribution is 6.42. The van der Waals surface area contributed by atoms with E-state index in [1.54, 1.807) is 0 Å². The summed E-state index contributed by atoms with van der Waals surface area (Å²) in [6, 6.07) is 5.66. The SMILES string of the molecule is CC1CCN(CC(N)c2ccc(Cl)c(Cl)c2)CC1. The molecule has 1 aliphatic heterocycles. The Kier molecular flexibility index (Phi) is 4.91. The lowest BCUT2D eigenvalue weighted by atomic mass is 9.98. The van der Waals surface area contributed by atoms with Crippen LogP contribution in [0.25, 0.3) is 0 Å². The van der Waals surface area contributed by atoms with Crippen molar-refractivity contribution in [3.63, 3.8) is 0 Å². The van der Waals surface area contributed by atoms with E-state index in [4.69, 9.17) is 28.9 Å². The van der Waals surface area contributed by atoms with Gasteiger partial charge in [-0.3, -0.25) is 0 Å². The predicted molar refractivity (Wildman–Crippen MR) is 78.2 cm³/mol. The van der Waals surface area contributed by atoms with E-state index in [1.807, 2.05) is 18.2 Å². The summed E-state index contributed by atoms with van der Waals surface area (Å²) in [5.41, 5.74) is 7.29. The van der Waals surface area contributed by atoms with Crippen LogP contribution in [0.1, 0.15) is 31.4 Å². The minimum absolute atomic E-state index is 0.00757. The standard InChI is InChI=1S/C14H20Cl2N2/c1-10-4-6-18(7-5-10)9-14(17)11-2-3-12(15)13(16)8-11/h2-3,8,10,14H,4-7,9,17H2,1H3. The summed E-state index contributed by atoms with van der Waals surface area (Å²) in [4.78, 5) is 2.44. The molecular formula is C14H20Cl2N2. The van der Waals surface area contributed by atoms with Gasteiger partial charge in [-0.25, -0.2) is 0 Å². The molecule has 0 bridgehead atoms. The van der Waals surface area contributed by atoms with Crippen LogP contribution in [0, 0.1) is 5.92 Å². The molecule has 1 aliphatic rings. The van der Waals surface area contributed by atoms with Crippen molar-refractivity contribution in [2.75, 3.05) is 19.6 Å². The molecular weight excluding hydrogens is 267 g/mol. The molecule has 0 saturated carbocycles. The summed E-state index contributed by atoms with van der Waals surface area (Å²) < 4.78 is 0. The third kappa shape index (κ3) is 3.61. The van der Waals surface area contributed by atoms with Gasteiger partial charge in [-0.05, 0) is 49.5 Å². The third-order valence-electron chi connectivity index (χ3n) is 3.70. The molecule has 100 valence electrons. The third-order valence-corrected chi connectivity index (χ3v) is 4.44. The molecule has 2 N–H and O–H groups in total. The van der Waals surface area contributed by atoms with Gasteiger partial charge in [-0.2, -0.15) is 0 Å². The number of hydrogen-bond acceptors (Lipinski definition) is 2. The van der Waals surface area contributed by atoms with Crippen LogP contribution in [-0.2, 0) is 0 Å². The molecule has 1 heterocycles. The molecule has 2 nitrogen and oxygen atoms in total. The van der Waals surface area contributed by atoms with E-state index in [0.29, 0.717) is 10.0 Å². The molecule has 0 aromatic heterocycles. The Morgan fingerprint density at radius 3 is 2.56 bits per heavy atom. The fourth-order valence-corrected chi connectivity index (χ4v) is 2.68. The normalized spacial score (nSPS) is 20.0. The maximum absolute atomic E-state index is 6.24. The number of halogens is 2. The highest BCUT2D eigenvalue weighted by atomic mass is 35.5. The van der Waals surface area contributed by atoms with E-state index in [9.17, 15) is 0 Å². The molecule has 18 heavy (non-hydrogen) atoms. The van der Waals surface area contributed by atoms with E-state index in [1.165, 1.54) is 12.8 Å². The highest BCUT2D eigenvalue weighted by Gasteiger charge is 2.18. The van der Waals surface area contributed by atoms with E-state index in [-0.39, 0.29) is 6.04 Å². The summed E-state index contributed by atoms with van der Waals surface area (Å²) in [6.07, 6.45) is 2.54. The zero-order valence-corrected chi connectivity index (χ0v) is 12.2. The Hall–Kier alpha value is -0.280. The number of rotatable bonds is 3. The fourth-order valence-electron chi connectivity index (χ4n) is 2.37. The van der Waals surface area contributed by atoms with Gasteiger partial charge in [0, 0.05) is 12.6 Å². The topological polar surface area (TPSA) is 29.3 Å². The second kappa shape index (κ2) is 6.25. The summed E-state index contributed by atoms with van der Waals surface area (Å²) >= 11 is 11.9.